The zero-order valence-electron chi connectivity index (χ0n) is 10.8. The highest BCUT2D eigenvalue weighted by Gasteiger charge is 2.31. The van der Waals surface area contributed by atoms with Crippen LogP contribution in [0, 0.1) is 0 Å². The van der Waals surface area contributed by atoms with Crippen LogP contribution in [0.1, 0.15) is 5.56 Å². The third-order valence-corrected chi connectivity index (χ3v) is 2.92. The molecule has 1 heterocycles. The second kappa shape index (κ2) is 6.08. The Kier molecular flexibility index (Phi) is 4.22. The van der Waals surface area contributed by atoms with Crippen LogP contribution in [-0.4, -0.2) is 43.2 Å². The van der Waals surface area contributed by atoms with Crippen molar-refractivity contribution < 1.29 is 14.3 Å². The van der Waals surface area contributed by atoms with Crippen molar-refractivity contribution in [2.45, 2.75) is 12.6 Å². The first kappa shape index (κ1) is 13.2. The van der Waals surface area contributed by atoms with E-state index in [0.29, 0.717) is 13.1 Å². The monoisotopic (exact) mass is 263 g/mol. The molecule has 6 nitrogen and oxygen atoms in total. The van der Waals surface area contributed by atoms with E-state index in [9.17, 15) is 9.59 Å². The van der Waals surface area contributed by atoms with Gasteiger partial charge in [-0.2, -0.15) is 0 Å². The van der Waals surface area contributed by atoms with Gasteiger partial charge in [0, 0.05) is 20.1 Å². The topological polar surface area (TPSA) is 70.7 Å². The lowest BCUT2D eigenvalue weighted by Crippen LogP contribution is -2.62. The average Bonchev–Trinajstić information content (AvgIpc) is 2.40. The fourth-order valence-electron chi connectivity index (χ4n) is 1.83. The summed E-state index contributed by atoms with van der Waals surface area (Å²) in [4.78, 5) is 24.3. The molecule has 2 rings (SSSR count). The lowest BCUT2D eigenvalue weighted by atomic mass is 10.1. The molecule has 1 fully saturated rings. The Hall–Kier alpha value is -2.24. The normalized spacial score (nSPS) is 14.5. The van der Waals surface area contributed by atoms with E-state index in [-0.39, 0.29) is 18.7 Å². The Morgan fingerprint density at radius 1 is 1.32 bits per heavy atom. The summed E-state index contributed by atoms with van der Waals surface area (Å²) >= 11 is 0. The Morgan fingerprint density at radius 3 is 2.63 bits per heavy atom. The molecule has 1 aliphatic heterocycles. The molecular weight excluding hydrogens is 246 g/mol. The van der Waals surface area contributed by atoms with Gasteiger partial charge in [-0.15, -0.1) is 0 Å². The van der Waals surface area contributed by atoms with Crippen LogP contribution in [0.25, 0.3) is 0 Å². The fourth-order valence-corrected chi connectivity index (χ4v) is 1.83. The van der Waals surface area contributed by atoms with E-state index in [4.69, 9.17) is 4.74 Å². The second-order valence-electron chi connectivity index (χ2n) is 4.36. The van der Waals surface area contributed by atoms with Gasteiger partial charge in [0.15, 0.2) is 0 Å². The number of hydrogen-bond donors (Lipinski definition) is 2. The summed E-state index contributed by atoms with van der Waals surface area (Å²) < 4.78 is 5.09. The third-order valence-electron chi connectivity index (χ3n) is 2.92. The number of hydrogen-bond acceptors (Lipinski definition) is 3. The van der Waals surface area contributed by atoms with Crippen molar-refractivity contribution in [3.05, 3.63) is 35.9 Å². The van der Waals surface area contributed by atoms with Gasteiger partial charge in [-0.1, -0.05) is 30.3 Å². The third kappa shape index (κ3) is 3.61. The molecule has 19 heavy (non-hydrogen) atoms. The Bertz CT molecular complexity index is 444. The largest absolute Gasteiger partial charge is 0.445 e. The van der Waals surface area contributed by atoms with Crippen LogP contribution in [0.3, 0.4) is 0 Å². The van der Waals surface area contributed by atoms with Gasteiger partial charge in [-0.05, 0) is 5.56 Å². The highest BCUT2D eigenvalue weighted by atomic mass is 16.5. The van der Waals surface area contributed by atoms with Gasteiger partial charge >= 0.3 is 12.1 Å². The number of urea groups is 1. The molecule has 0 unspecified atom stereocenters. The van der Waals surface area contributed by atoms with Gasteiger partial charge in [0.2, 0.25) is 0 Å². The molecule has 0 spiro atoms. The van der Waals surface area contributed by atoms with E-state index >= 15 is 0 Å². The molecule has 6 heteroatoms. The lowest BCUT2D eigenvalue weighted by Gasteiger charge is -2.38. The molecule has 0 bridgehead atoms. The van der Waals surface area contributed by atoms with Crippen LogP contribution in [0.5, 0.6) is 0 Å². The number of benzene rings is 1. The number of rotatable bonds is 3. The zero-order valence-corrected chi connectivity index (χ0v) is 10.8. The molecule has 1 aromatic rings. The smallest absolute Gasteiger partial charge is 0.407 e. The molecule has 0 aromatic heterocycles. The molecular formula is C13H17N3O3. The van der Waals surface area contributed by atoms with Crippen LogP contribution in [-0.2, 0) is 11.3 Å². The molecule has 1 aromatic carbocycles. The van der Waals surface area contributed by atoms with Crippen molar-refractivity contribution in [1.29, 1.82) is 0 Å². The van der Waals surface area contributed by atoms with E-state index < -0.39 is 6.09 Å². The van der Waals surface area contributed by atoms with Gasteiger partial charge in [-0.3, -0.25) is 0 Å². The van der Waals surface area contributed by atoms with Crippen molar-refractivity contribution in [3.8, 4) is 0 Å². The average molecular weight is 263 g/mol. The SMILES string of the molecule is CNC(=O)N1CC(NC(=O)OCc2ccccc2)C1. The Morgan fingerprint density at radius 2 is 2.00 bits per heavy atom. The first-order valence-electron chi connectivity index (χ1n) is 6.13. The standard InChI is InChI=1S/C13H17N3O3/c1-14-12(17)16-7-11(8-16)15-13(18)19-9-10-5-3-2-4-6-10/h2-6,11H,7-9H2,1H3,(H,14,17)(H,15,18). The Balaban J connectivity index is 1.65. The highest BCUT2D eigenvalue weighted by molar-refractivity contribution is 5.75. The number of carbonyl (C=O) groups excluding carboxylic acids is 2. The van der Waals surface area contributed by atoms with Crippen LogP contribution in [0.2, 0.25) is 0 Å². The minimum atomic E-state index is -0.453. The van der Waals surface area contributed by atoms with Crippen LogP contribution >= 0.6 is 0 Å². The number of likely N-dealkylation sites (tertiary alicyclic amines) is 1. The van der Waals surface area contributed by atoms with Crippen LogP contribution in [0.15, 0.2) is 30.3 Å². The summed E-state index contributed by atoms with van der Waals surface area (Å²) in [7, 11) is 1.58. The predicted octanol–water partition coefficient (Wildman–Crippen LogP) is 0.936. The van der Waals surface area contributed by atoms with Crippen molar-refractivity contribution >= 4 is 12.1 Å². The minimum Gasteiger partial charge on any atom is -0.445 e. The van der Waals surface area contributed by atoms with Gasteiger partial charge < -0.3 is 20.3 Å². The van der Waals surface area contributed by atoms with Crippen molar-refractivity contribution in [3.63, 3.8) is 0 Å². The van der Waals surface area contributed by atoms with Gasteiger partial charge in [-0.25, -0.2) is 9.59 Å². The molecule has 1 saturated heterocycles. The predicted molar refractivity (Wildman–Crippen MR) is 69.6 cm³/mol. The second-order valence-corrected chi connectivity index (χ2v) is 4.36. The molecule has 0 aliphatic carbocycles. The number of amides is 3. The van der Waals surface area contributed by atoms with Gasteiger partial charge in [0.25, 0.3) is 0 Å². The molecule has 0 radical (unpaired) electrons. The van der Waals surface area contributed by atoms with Gasteiger partial charge in [0.05, 0.1) is 6.04 Å². The number of nitrogens with one attached hydrogen (secondary N) is 2. The van der Waals surface area contributed by atoms with Crippen LogP contribution < -0.4 is 10.6 Å². The fraction of sp³-hybridized carbons (Fsp3) is 0.385. The summed E-state index contributed by atoms with van der Waals surface area (Å²) in [5.41, 5.74) is 0.943. The number of carbonyl (C=O) groups is 2. The maximum absolute atomic E-state index is 11.5. The first-order chi connectivity index (χ1) is 9.19. The summed E-state index contributed by atoms with van der Waals surface area (Å²) in [6.07, 6.45) is -0.453. The maximum atomic E-state index is 11.5. The van der Waals surface area contributed by atoms with E-state index in [2.05, 4.69) is 10.6 Å². The van der Waals surface area contributed by atoms with Crippen molar-refractivity contribution in [1.82, 2.24) is 15.5 Å². The van der Waals surface area contributed by atoms with E-state index in [0.717, 1.165) is 5.56 Å². The van der Waals surface area contributed by atoms with Gasteiger partial charge in [0.1, 0.15) is 6.61 Å². The quantitative estimate of drug-likeness (QED) is 0.852. The maximum Gasteiger partial charge on any atom is 0.407 e. The molecule has 3 amide bonds. The molecule has 102 valence electrons. The summed E-state index contributed by atoms with van der Waals surface area (Å²) in [6, 6.07) is 9.32. The lowest BCUT2D eigenvalue weighted by molar-refractivity contribution is 0.108. The number of alkyl carbamates (subject to hydrolysis) is 1. The zero-order chi connectivity index (χ0) is 13.7. The number of ether oxygens (including phenoxy) is 1. The first-order valence-corrected chi connectivity index (χ1v) is 6.13. The Labute approximate surface area is 111 Å². The molecule has 2 N–H and O–H groups in total. The summed E-state index contributed by atoms with van der Waals surface area (Å²) in [5, 5.41) is 5.24. The summed E-state index contributed by atoms with van der Waals surface area (Å²) in [5.74, 6) is 0. The summed E-state index contributed by atoms with van der Waals surface area (Å²) in [6.45, 7) is 1.28. The van der Waals surface area contributed by atoms with E-state index in [1.807, 2.05) is 30.3 Å². The molecule has 1 aliphatic rings. The van der Waals surface area contributed by atoms with E-state index in [1.165, 1.54) is 0 Å². The van der Waals surface area contributed by atoms with E-state index in [1.54, 1.807) is 11.9 Å². The minimum absolute atomic E-state index is 0.0272. The van der Waals surface area contributed by atoms with Crippen LogP contribution in [0.4, 0.5) is 9.59 Å². The number of nitrogens with zero attached hydrogens (tertiary/aromatic N) is 1. The highest BCUT2D eigenvalue weighted by Crippen LogP contribution is 2.08. The van der Waals surface area contributed by atoms with Crippen molar-refractivity contribution in [2.24, 2.45) is 0 Å². The molecule has 0 atom stereocenters. The van der Waals surface area contributed by atoms with Crippen molar-refractivity contribution in [2.75, 3.05) is 20.1 Å². The molecule has 0 saturated carbocycles.